The predicted octanol–water partition coefficient (Wildman–Crippen LogP) is 0.606. The highest BCUT2D eigenvalue weighted by Crippen LogP contribution is 2.25. The summed E-state index contributed by atoms with van der Waals surface area (Å²) in [5, 5.41) is 2.92. The first-order chi connectivity index (χ1) is 10.3. The molecule has 1 aliphatic rings. The summed E-state index contributed by atoms with van der Waals surface area (Å²) < 4.78 is 0. The zero-order chi connectivity index (χ0) is 15.1. The highest BCUT2D eigenvalue weighted by atomic mass is 16.1. The van der Waals surface area contributed by atoms with Crippen LogP contribution in [0.5, 0.6) is 0 Å². The van der Waals surface area contributed by atoms with Crippen molar-refractivity contribution < 1.29 is 4.79 Å². The number of nitrogens with two attached hydrogens (primary N) is 1. The fourth-order valence-corrected chi connectivity index (χ4v) is 2.27. The number of aromatic nitrogens is 1. The Morgan fingerprint density at radius 3 is 3.05 bits per heavy atom. The van der Waals surface area contributed by atoms with E-state index in [4.69, 9.17) is 5.73 Å². The molecule has 0 radical (unpaired) electrons. The molecular formula is C16H22N4O. The SMILES string of the molecule is CCN(CCNC(=O)c1ncccc1C#CCN)C1CC1. The van der Waals surface area contributed by atoms with Gasteiger partial charge in [0.05, 0.1) is 12.1 Å². The Morgan fingerprint density at radius 2 is 2.38 bits per heavy atom. The van der Waals surface area contributed by atoms with Gasteiger partial charge in [-0.15, -0.1) is 0 Å². The molecule has 1 heterocycles. The van der Waals surface area contributed by atoms with Crippen molar-refractivity contribution >= 4 is 5.91 Å². The van der Waals surface area contributed by atoms with Crippen LogP contribution in [-0.4, -0.2) is 48.0 Å². The maximum atomic E-state index is 12.2. The summed E-state index contributed by atoms with van der Waals surface area (Å²) in [5.74, 6) is 5.46. The standard InChI is InChI=1S/C16H22N4O/c1-2-20(14-7-8-14)12-11-19-16(21)15-13(5-3-9-17)6-4-10-18-15/h4,6,10,14H,2,7-9,11-12,17H2,1H3,(H,19,21). The van der Waals surface area contributed by atoms with E-state index in [1.807, 2.05) is 0 Å². The smallest absolute Gasteiger partial charge is 0.271 e. The van der Waals surface area contributed by atoms with E-state index in [1.165, 1.54) is 12.8 Å². The molecule has 0 unspecified atom stereocenters. The van der Waals surface area contributed by atoms with E-state index < -0.39 is 0 Å². The number of nitrogens with one attached hydrogen (secondary N) is 1. The Morgan fingerprint density at radius 1 is 1.57 bits per heavy atom. The largest absolute Gasteiger partial charge is 0.349 e. The molecule has 0 aromatic carbocycles. The first kappa shape index (κ1) is 15.5. The number of pyridine rings is 1. The number of nitrogens with zero attached hydrogens (tertiary/aromatic N) is 2. The van der Waals surface area contributed by atoms with Crippen molar-refractivity contribution in [1.82, 2.24) is 15.2 Å². The highest BCUT2D eigenvalue weighted by molar-refractivity contribution is 5.94. The Balaban J connectivity index is 1.90. The monoisotopic (exact) mass is 286 g/mol. The van der Waals surface area contributed by atoms with Crippen LogP contribution in [-0.2, 0) is 0 Å². The molecule has 21 heavy (non-hydrogen) atoms. The number of likely N-dealkylation sites (N-methyl/N-ethyl adjacent to an activating group) is 1. The zero-order valence-corrected chi connectivity index (χ0v) is 12.4. The van der Waals surface area contributed by atoms with Gasteiger partial charge < -0.3 is 11.1 Å². The van der Waals surface area contributed by atoms with E-state index in [1.54, 1.807) is 18.3 Å². The Bertz CT molecular complexity index is 543. The number of carbonyl (C=O) groups excluding carboxylic acids is 1. The van der Waals surface area contributed by atoms with Gasteiger partial charge >= 0.3 is 0 Å². The van der Waals surface area contributed by atoms with Crippen LogP contribution in [0.2, 0.25) is 0 Å². The molecule has 5 nitrogen and oxygen atoms in total. The minimum atomic E-state index is -0.177. The lowest BCUT2D eigenvalue weighted by atomic mass is 10.2. The van der Waals surface area contributed by atoms with Gasteiger partial charge in [0.1, 0.15) is 5.69 Å². The number of hydrogen-bond acceptors (Lipinski definition) is 4. The number of hydrogen-bond donors (Lipinski definition) is 2. The molecule has 2 rings (SSSR count). The highest BCUT2D eigenvalue weighted by Gasteiger charge is 2.27. The molecule has 0 atom stereocenters. The third-order valence-electron chi connectivity index (χ3n) is 3.50. The van der Waals surface area contributed by atoms with Gasteiger partial charge in [-0.3, -0.25) is 9.69 Å². The topological polar surface area (TPSA) is 71.2 Å². The molecule has 1 aliphatic carbocycles. The molecule has 1 aromatic heterocycles. The summed E-state index contributed by atoms with van der Waals surface area (Å²) >= 11 is 0. The Kier molecular flexibility index (Phi) is 5.73. The van der Waals surface area contributed by atoms with Crippen LogP contribution in [0.15, 0.2) is 18.3 Å². The Labute approximate surface area is 125 Å². The van der Waals surface area contributed by atoms with Gasteiger partial charge in [-0.25, -0.2) is 4.98 Å². The van der Waals surface area contributed by atoms with Crippen molar-refractivity contribution in [3.63, 3.8) is 0 Å². The fraction of sp³-hybridized carbons (Fsp3) is 0.500. The summed E-state index contributed by atoms with van der Waals surface area (Å²) in [6.45, 7) is 4.95. The van der Waals surface area contributed by atoms with Gasteiger partial charge in [-0.2, -0.15) is 0 Å². The lowest BCUT2D eigenvalue weighted by Crippen LogP contribution is -2.36. The maximum Gasteiger partial charge on any atom is 0.271 e. The molecule has 5 heteroatoms. The minimum Gasteiger partial charge on any atom is -0.349 e. The van der Waals surface area contributed by atoms with Gasteiger partial charge in [0, 0.05) is 25.3 Å². The average molecular weight is 286 g/mol. The van der Waals surface area contributed by atoms with E-state index in [0.29, 0.717) is 23.8 Å². The van der Waals surface area contributed by atoms with Crippen LogP contribution in [0.25, 0.3) is 0 Å². The second-order valence-corrected chi connectivity index (χ2v) is 5.02. The van der Waals surface area contributed by atoms with Crippen molar-refractivity contribution in [3.8, 4) is 11.8 Å². The van der Waals surface area contributed by atoms with Crippen LogP contribution in [0, 0.1) is 11.8 Å². The van der Waals surface area contributed by atoms with Crippen LogP contribution in [0.3, 0.4) is 0 Å². The van der Waals surface area contributed by atoms with Crippen LogP contribution >= 0.6 is 0 Å². The van der Waals surface area contributed by atoms with Gasteiger partial charge in [0.2, 0.25) is 0 Å². The summed E-state index contributed by atoms with van der Waals surface area (Å²) in [7, 11) is 0. The molecule has 0 aliphatic heterocycles. The quantitative estimate of drug-likeness (QED) is 0.752. The van der Waals surface area contributed by atoms with Crippen LogP contribution < -0.4 is 11.1 Å². The molecule has 1 aromatic rings. The lowest BCUT2D eigenvalue weighted by molar-refractivity contribution is 0.0942. The summed E-state index contributed by atoms with van der Waals surface area (Å²) in [4.78, 5) is 18.7. The van der Waals surface area contributed by atoms with Crippen LogP contribution in [0.4, 0.5) is 0 Å². The molecule has 1 saturated carbocycles. The minimum absolute atomic E-state index is 0.177. The molecule has 1 amide bonds. The molecule has 112 valence electrons. The van der Waals surface area contributed by atoms with E-state index in [2.05, 4.69) is 34.0 Å². The second-order valence-electron chi connectivity index (χ2n) is 5.02. The van der Waals surface area contributed by atoms with E-state index >= 15 is 0 Å². The number of amides is 1. The second kappa shape index (κ2) is 7.77. The molecule has 3 N–H and O–H groups in total. The number of rotatable bonds is 6. The van der Waals surface area contributed by atoms with Gasteiger partial charge in [0.25, 0.3) is 5.91 Å². The summed E-state index contributed by atoms with van der Waals surface area (Å²) in [5.41, 5.74) is 6.35. The third kappa shape index (κ3) is 4.55. The molecule has 0 saturated heterocycles. The summed E-state index contributed by atoms with van der Waals surface area (Å²) in [6, 6.07) is 4.27. The van der Waals surface area contributed by atoms with Crippen molar-refractivity contribution in [1.29, 1.82) is 0 Å². The molecule has 1 fully saturated rings. The first-order valence-electron chi connectivity index (χ1n) is 7.42. The van der Waals surface area contributed by atoms with Crippen molar-refractivity contribution in [2.24, 2.45) is 5.73 Å². The molecular weight excluding hydrogens is 264 g/mol. The van der Waals surface area contributed by atoms with E-state index in [0.717, 1.165) is 13.1 Å². The van der Waals surface area contributed by atoms with Crippen LogP contribution in [0.1, 0.15) is 35.8 Å². The van der Waals surface area contributed by atoms with Crippen molar-refractivity contribution in [3.05, 3.63) is 29.6 Å². The maximum absolute atomic E-state index is 12.2. The first-order valence-corrected chi connectivity index (χ1v) is 7.42. The summed E-state index contributed by atoms with van der Waals surface area (Å²) in [6.07, 6.45) is 4.16. The van der Waals surface area contributed by atoms with E-state index in [9.17, 15) is 4.79 Å². The van der Waals surface area contributed by atoms with E-state index in [-0.39, 0.29) is 12.5 Å². The van der Waals surface area contributed by atoms with Gasteiger partial charge in [-0.1, -0.05) is 18.8 Å². The molecule has 0 spiro atoms. The number of carbonyl (C=O) groups is 1. The normalized spacial score (nSPS) is 13.7. The lowest BCUT2D eigenvalue weighted by Gasteiger charge is -2.19. The van der Waals surface area contributed by atoms with Gasteiger partial charge in [-0.05, 0) is 31.5 Å². The predicted molar refractivity (Wildman–Crippen MR) is 82.8 cm³/mol. The third-order valence-corrected chi connectivity index (χ3v) is 3.50. The van der Waals surface area contributed by atoms with Crippen molar-refractivity contribution in [2.45, 2.75) is 25.8 Å². The average Bonchev–Trinajstić information content (AvgIpc) is 3.34. The Hall–Kier alpha value is -1.90. The fourth-order valence-electron chi connectivity index (χ4n) is 2.27. The molecule has 0 bridgehead atoms. The van der Waals surface area contributed by atoms with Crippen molar-refractivity contribution in [2.75, 3.05) is 26.2 Å². The zero-order valence-electron chi connectivity index (χ0n) is 12.4. The van der Waals surface area contributed by atoms with Gasteiger partial charge in [0.15, 0.2) is 0 Å².